The molecule has 0 aromatic carbocycles. The summed E-state index contributed by atoms with van der Waals surface area (Å²) in [7, 11) is 0. The second-order valence-corrected chi connectivity index (χ2v) is 10.1. The number of ether oxygens (including phenoxy) is 3. The highest BCUT2D eigenvalue weighted by Crippen LogP contribution is 2.83. The first-order chi connectivity index (χ1) is 12.9. The van der Waals surface area contributed by atoms with Crippen LogP contribution in [-0.2, 0) is 27.2 Å². The smallest absolute Gasteiger partial charge is 0.155 e. The molecule has 3 aliphatic heterocycles. The second-order valence-electron chi connectivity index (χ2n) is 10.1. The number of furan rings is 1. The van der Waals surface area contributed by atoms with Crippen LogP contribution in [0.4, 0.5) is 0 Å². The van der Waals surface area contributed by atoms with E-state index in [2.05, 4.69) is 20.8 Å². The van der Waals surface area contributed by atoms with Gasteiger partial charge in [-0.15, -0.1) is 0 Å². The lowest BCUT2D eigenvalue weighted by molar-refractivity contribution is -0.0920. The van der Waals surface area contributed by atoms with Gasteiger partial charge in [0.05, 0.1) is 12.4 Å². The van der Waals surface area contributed by atoms with Crippen LogP contribution in [0.5, 0.6) is 0 Å². The molecule has 2 saturated carbocycles. The molecule has 4 heterocycles. The van der Waals surface area contributed by atoms with E-state index in [1.54, 1.807) is 0 Å². The zero-order valence-corrected chi connectivity index (χ0v) is 15.9. The molecule has 0 radical (unpaired) electrons. The molecule has 6 nitrogen and oxygen atoms in total. The van der Waals surface area contributed by atoms with Crippen LogP contribution in [-0.4, -0.2) is 51.4 Å². The molecule has 1 aromatic rings. The number of hydrogen-bond acceptors (Lipinski definition) is 6. The number of hydrogen-bond donors (Lipinski definition) is 2. The zero-order chi connectivity index (χ0) is 18.6. The zero-order valence-electron chi connectivity index (χ0n) is 15.9. The predicted molar refractivity (Wildman–Crippen MR) is 92.1 cm³/mol. The molecule has 7 rings (SSSR count). The van der Waals surface area contributed by atoms with E-state index in [0.717, 1.165) is 24.8 Å². The molecule has 5 fully saturated rings. The SMILES string of the molecule is CC(C)C12OC1C1OC13C1(C)CCc4c(coc4CO)C1CC1OC13C2O. The van der Waals surface area contributed by atoms with E-state index < -0.39 is 22.9 Å². The van der Waals surface area contributed by atoms with E-state index in [9.17, 15) is 10.2 Å². The Balaban J connectivity index is 1.38. The Kier molecular flexibility index (Phi) is 2.46. The normalized spacial score (nSPS) is 58.4. The fourth-order valence-corrected chi connectivity index (χ4v) is 7.77. The maximum atomic E-state index is 11.5. The summed E-state index contributed by atoms with van der Waals surface area (Å²) < 4.78 is 24.8. The summed E-state index contributed by atoms with van der Waals surface area (Å²) in [5.41, 5.74) is 0.624. The summed E-state index contributed by atoms with van der Waals surface area (Å²) in [5.74, 6) is 1.18. The first kappa shape index (κ1) is 15.9. The van der Waals surface area contributed by atoms with E-state index in [0.29, 0.717) is 5.76 Å². The van der Waals surface area contributed by atoms with Gasteiger partial charge in [-0.1, -0.05) is 20.8 Å². The predicted octanol–water partition coefficient (Wildman–Crippen LogP) is 1.65. The number of rotatable bonds is 2. The molecule has 6 aliphatic rings. The van der Waals surface area contributed by atoms with Crippen LogP contribution in [0.15, 0.2) is 10.7 Å². The van der Waals surface area contributed by atoms with Crippen molar-refractivity contribution >= 4 is 0 Å². The summed E-state index contributed by atoms with van der Waals surface area (Å²) in [4.78, 5) is 0. The monoisotopic (exact) mass is 374 g/mol. The van der Waals surface area contributed by atoms with Crippen LogP contribution < -0.4 is 0 Å². The Morgan fingerprint density at radius 1 is 1.22 bits per heavy atom. The lowest BCUT2D eigenvalue weighted by Crippen LogP contribution is -2.68. The van der Waals surface area contributed by atoms with Crippen molar-refractivity contribution in [2.45, 2.75) is 93.8 Å². The molecule has 2 spiro atoms. The third-order valence-electron chi connectivity index (χ3n) is 9.22. The maximum absolute atomic E-state index is 11.5. The minimum absolute atomic E-state index is 0.00484. The van der Waals surface area contributed by atoms with Crippen molar-refractivity contribution < 1.29 is 28.8 Å². The number of aliphatic hydroxyl groups is 2. The fourth-order valence-electron chi connectivity index (χ4n) is 7.77. The standard InChI is InChI=1S/C21H26O6/c1-9(2)19-15(26-19)16-21(27-16)18(3)5-4-10-11(8-24-13(10)7-22)12(18)6-14-20(21,25-14)17(19)23/h8-9,12,14-17,22-23H,4-7H2,1-3H3. The van der Waals surface area contributed by atoms with Gasteiger partial charge in [-0.25, -0.2) is 0 Å². The Morgan fingerprint density at radius 3 is 2.78 bits per heavy atom. The average Bonchev–Trinajstić information content (AvgIpc) is 3.52. The van der Waals surface area contributed by atoms with Crippen molar-refractivity contribution in [3.05, 3.63) is 23.2 Å². The van der Waals surface area contributed by atoms with E-state index in [1.807, 2.05) is 6.26 Å². The summed E-state index contributed by atoms with van der Waals surface area (Å²) >= 11 is 0. The van der Waals surface area contributed by atoms with Crippen molar-refractivity contribution in [1.82, 2.24) is 0 Å². The lowest BCUT2D eigenvalue weighted by Gasteiger charge is -2.53. The number of aliphatic hydroxyl groups excluding tert-OH is 2. The van der Waals surface area contributed by atoms with E-state index in [1.165, 1.54) is 5.56 Å². The molecule has 146 valence electrons. The molecule has 0 bridgehead atoms. The van der Waals surface area contributed by atoms with E-state index in [-0.39, 0.29) is 42.2 Å². The van der Waals surface area contributed by atoms with Crippen molar-refractivity contribution in [2.75, 3.05) is 0 Å². The fraction of sp³-hybridized carbons (Fsp3) is 0.810. The topological polar surface area (TPSA) is 91.2 Å². The third-order valence-corrected chi connectivity index (χ3v) is 9.22. The van der Waals surface area contributed by atoms with E-state index >= 15 is 0 Å². The van der Waals surface area contributed by atoms with Crippen LogP contribution in [0.3, 0.4) is 0 Å². The highest BCUT2D eigenvalue weighted by molar-refractivity contribution is 5.51. The summed E-state index contributed by atoms with van der Waals surface area (Å²) in [5, 5.41) is 21.1. The van der Waals surface area contributed by atoms with Crippen LogP contribution >= 0.6 is 0 Å². The summed E-state index contributed by atoms with van der Waals surface area (Å²) in [6.45, 7) is 6.49. The van der Waals surface area contributed by atoms with Gasteiger partial charge in [0.2, 0.25) is 0 Å². The van der Waals surface area contributed by atoms with Crippen LogP contribution in [0.2, 0.25) is 0 Å². The van der Waals surface area contributed by atoms with Crippen molar-refractivity contribution in [3.8, 4) is 0 Å². The van der Waals surface area contributed by atoms with Crippen molar-refractivity contribution in [1.29, 1.82) is 0 Å². The maximum Gasteiger partial charge on any atom is 0.155 e. The van der Waals surface area contributed by atoms with Gasteiger partial charge in [0.25, 0.3) is 0 Å². The molecule has 27 heavy (non-hydrogen) atoms. The first-order valence-corrected chi connectivity index (χ1v) is 10.3. The van der Waals surface area contributed by atoms with Gasteiger partial charge >= 0.3 is 0 Å². The van der Waals surface area contributed by atoms with Gasteiger partial charge in [-0.05, 0) is 42.2 Å². The summed E-state index contributed by atoms with van der Waals surface area (Å²) in [6, 6.07) is 0. The molecular weight excluding hydrogens is 348 g/mol. The molecule has 1 aromatic heterocycles. The molecule has 3 aliphatic carbocycles. The Labute approximate surface area is 157 Å². The third kappa shape index (κ3) is 1.31. The molecule has 2 N–H and O–H groups in total. The van der Waals surface area contributed by atoms with Crippen LogP contribution in [0.1, 0.15) is 56.4 Å². The average molecular weight is 374 g/mol. The van der Waals surface area contributed by atoms with Gasteiger partial charge in [0.15, 0.2) is 5.60 Å². The minimum Gasteiger partial charge on any atom is -0.466 e. The van der Waals surface area contributed by atoms with Gasteiger partial charge < -0.3 is 28.8 Å². The van der Waals surface area contributed by atoms with Gasteiger partial charge in [0.1, 0.15) is 41.9 Å². The van der Waals surface area contributed by atoms with Gasteiger partial charge in [0, 0.05) is 5.41 Å². The molecule has 0 amide bonds. The molecule has 9 unspecified atom stereocenters. The second kappa shape index (κ2) is 4.17. The molecule has 3 saturated heterocycles. The highest BCUT2D eigenvalue weighted by Gasteiger charge is 3.00. The van der Waals surface area contributed by atoms with Crippen molar-refractivity contribution in [2.24, 2.45) is 11.3 Å². The molecule has 6 heteroatoms. The van der Waals surface area contributed by atoms with Gasteiger partial charge in [-0.3, -0.25) is 0 Å². The Bertz CT molecular complexity index is 878. The minimum atomic E-state index is -0.643. The first-order valence-electron chi connectivity index (χ1n) is 10.3. The molecular formula is C21H26O6. The van der Waals surface area contributed by atoms with Crippen LogP contribution in [0, 0.1) is 11.3 Å². The molecule has 9 atom stereocenters. The number of fused-ring (bicyclic) bond motifs is 5. The summed E-state index contributed by atoms with van der Waals surface area (Å²) in [6.07, 6.45) is 3.83. The quantitative estimate of drug-likeness (QED) is 0.765. The van der Waals surface area contributed by atoms with Gasteiger partial charge in [-0.2, -0.15) is 0 Å². The van der Waals surface area contributed by atoms with E-state index in [4.69, 9.17) is 18.6 Å². The Morgan fingerprint density at radius 2 is 2.04 bits per heavy atom. The Hall–Kier alpha value is -0.920. The lowest BCUT2D eigenvalue weighted by atomic mass is 9.47. The number of epoxide rings is 3. The largest absolute Gasteiger partial charge is 0.466 e. The van der Waals surface area contributed by atoms with Crippen LogP contribution in [0.25, 0.3) is 0 Å². The highest BCUT2D eigenvalue weighted by atomic mass is 16.7. The van der Waals surface area contributed by atoms with Crippen molar-refractivity contribution in [3.63, 3.8) is 0 Å².